The van der Waals surface area contributed by atoms with E-state index in [0.29, 0.717) is 5.22 Å². The van der Waals surface area contributed by atoms with Crippen molar-refractivity contribution < 1.29 is 4.42 Å². The summed E-state index contributed by atoms with van der Waals surface area (Å²) in [5, 5.41) is 0.374. The third-order valence-corrected chi connectivity index (χ3v) is 1.16. The molecule has 0 aliphatic heterocycles. The molecule has 1 aromatic rings. The van der Waals surface area contributed by atoms with Crippen LogP contribution in [0.2, 0.25) is 5.22 Å². The Balaban J connectivity index is 2.61. The first kappa shape index (κ1) is 6.62. The molecule has 0 atom stereocenters. The maximum absolute atomic E-state index is 5.47. The minimum absolute atomic E-state index is 0.374. The fourth-order valence-electron chi connectivity index (χ4n) is 0.617. The van der Waals surface area contributed by atoms with Gasteiger partial charge in [-0.15, -0.1) is 0 Å². The van der Waals surface area contributed by atoms with Crippen LogP contribution in [0.15, 0.2) is 10.6 Å². The summed E-state index contributed by atoms with van der Waals surface area (Å²) in [6, 6.07) is 0. The molecular formula is C6H8ClNO. The van der Waals surface area contributed by atoms with Gasteiger partial charge in [0.05, 0.1) is 6.20 Å². The van der Waals surface area contributed by atoms with Crippen molar-refractivity contribution in [1.82, 2.24) is 4.98 Å². The Morgan fingerprint density at radius 1 is 1.78 bits per heavy atom. The normalized spacial score (nSPS) is 10.0. The van der Waals surface area contributed by atoms with Gasteiger partial charge >= 0.3 is 0 Å². The predicted molar refractivity (Wildman–Crippen MR) is 35.5 cm³/mol. The van der Waals surface area contributed by atoms with Gasteiger partial charge in [0.1, 0.15) is 0 Å². The van der Waals surface area contributed by atoms with E-state index in [1.165, 1.54) is 6.20 Å². The zero-order chi connectivity index (χ0) is 6.69. The van der Waals surface area contributed by atoms with Crippen LogP contribution in [0.5, 0.6) is 0 Å². The Morgan fingerprint density at radius 3 is 3.00 bits per heavy atom. The van der Waals surface area contributed by atoms with Gasteiger partial charge in [0.25, 0.3) is 0 Å². The lowest BCUT2D eigenvalue weighted by Crippen LogP contribution is -1.79. The number of oxazole rings is 1. The summed E-state index contributed by atoms with van der Waals surface area (Å²) in [5.74, 6) is 0.725. The second-order valence-electron chi connectivity index (χ2n) is 1.81. The van der Waals surface area contributed by atoms with E-state index in [1.54, 1.807) is 0 Å². The fourth-order valence-corrected chi connectivity index (χ4v) is 0.755. The van der Waals surface area contributed by atoms with Crippen LogP contribution in [0.25, 0.3) is 0 Å². The van der Waals surface area contributed by atoms with Gasteiger partial charge in [0.2, 0.25) is 5.22 Å². The Kier molecular flexibility index (Phi) is 2.11. The maximum Gasteiger partial charge on any atom is 0.213 e. The zero-order valence-electron chi connectivity index (χ0n) is 5.22. The van der Waals surface area contributed by atoms with E-state index in [1.807, 2.05) is 0 Å². The number of aryl methyl sites for hydroxylation is 1. The van der Waals surface area contributed by atoms with Crippen molar-refractivity contribution in [3.05, 3.63) is 17.3 Å². The molecule has 1 aromatic heterocycles. The SMILES string of the molecule is CCCc1ncc(Cl)o1. The monoisotopic (exact) mass is 145 g/mol. The first-order valence-corrected chi connectivity index (χ1v) is 3.31. The molecule has 0 amide bonds. The van der Waals surface area contributed by atoms with Crippen LogP contribution in [0.4, 0.5) is 0 Å². The molecular weight excluding hydrogens is 138 g/mol. The van der Waals surface area contributed by atoms with Crippen LogP contribution in [-0.4, -0.2) is 4.98 Å². The van der Waals surface area contributed by atoms with Gasteiger partial charge in [-0.2, -0.15) is 0 Å². The molecule has 1 rings (SSSR count). The Hall–Kier alpha value is -0.500. The highest BCUT2D eigenvalue weighted by atomic mass is 35.5. The number of hydrogen-bond acceptors (Lipinski definition) is 2. The molecule has 0 saturated heterocycles. The summed E-state index contributed by atoms with van der Waals surface area (Å²) in [7, 11) is 0. The minimum atomic E-state index is 0.374. The first-order valence-electron chi connectivity index (χ1n) is 2.93. The molecule has 0 radical (unpaired) electrons. The molecule has 3 heteroatoms. The van der Waals surface area contributed by atoms with Gasteiger partial charge in [-0.1, -0.05) is 6.92 Å². The molecule has 0 bridgehead atoms. The second kappa shape index (κ2) is 2.87. The molecule has 0 fully saturated rings. The molecule has 0 saturated carbocycles. The number of aromatic nitrogens is 1. The van der Waals surface area contributed by atoms with E-state index in [-0.39, 0.29) is 0 Å². The van der Waals surface area contributed by atoms with E-state index in [0.717, 1.165) is 18.7 Å². The quantitative estimate of drug-likeness (QED) is 0.638. The Morgan fingerprint density at radius 2 is 2.56 bits per heavy atom. The third-order valence-electron chi connectivity index (χ3n) is 0.989. The minimum Gasteiger partial charge on any atom is -0.429 e. The summed E-state index contributed by atoms with van der Waals surface area (Å²) in [4.78, 5) is 3.91. The van der Waals surface area contributed by atoms with E-state index >= 15 is 0 Å². The maximum atomic E-state index is 5.47. The fraction of sp³-hybridized carbons (Fsp3) is 0.500. The van der Waals surface area contributed by atoms with Crippen molar-refractivity contribution in [3.63, 3.8) is 0 Å². The van der Waals surface area contributed by atoms with Crippen molar-refractivity contribution in [3.8, 4) is 0 Å². The largest absolute Gasteiger partial charge is 0.429 e. The van der Waals surface area contributed by atoms with Gasteiger partial charge in [-0.25, -0.2) is 4.98 Å². The molecule has 0 unspecified atom stereocenters. The zero-order valence-corrected chi connectivity index (χ0v) is 5.98. The first-order chi connectivity index (χ1) is 4.33. The summed E-state index contributed by atoms with van der Waals surface area (Å²) in [5.41, 5.74) is 0. The van der Waals surface area contributed by atoms with Gasteiger partial charge in [-0.3, -0.25) is 0 Å². The van der Waals surface area contributed by atoms with Crippen LogP contribution >= 0.6 is 11.6 Å². The highest BCUT2D eigenvalue weighted by Crippen LogP contribution is 2.10. The third kappa shape index (κ3) is 1.72. The van der Waals surface area contributed by atoms with Crippen molar-refractivity contribution in [2.24, 2.45) is 0 Å². The van der Waals surface area contributed by atoms with Crippen LogP contribution in [0.1, 0.15) is 19.2 Å². The number of hydrogen-bond donors (Lipinski definition) is 0. The average Bonchev–Trinajstić information content (AvgIpc) is 2.17. The van der Waals surface area contributed by atoms with E-state index < -0.39 is 0 Å². The summed E-state index contributed by atoms with van der Waals surface area (Å²) in [6.07, 6.45) is 3.43. The van der Waals surface area contributed by atoms with Gasteiger partial charge in [0.15, 0.2) is 5.89 Å². The molecule has 0 spiro atoms. The molecule has 0 N–H and O–H groups in total. The number of nitrogens with zero attached hydrogens (tertiary/aromatic N) is 1. The van der Waals surface area contributed by atoms with E-state index in [4.69, 9.17) is 16.0 Å². The van der Waals surface area contributed by atoms with Gasteiger partial charge in [-0.05, 0) is 18.0 Å². The molecule has 0 aliphatic carbocycles. The van der Waals surface area contributed by atoms with Crippen molar-refractivity contribution in [1.29, 1.82) is 0 Å². The van der Waals surface area contributed by atoms with Crippen LogP contribution in [-0.2, 0) is 6.42 Å². The van der Waals surface area contributed by atoms with E-state index in [2.05, 4.69) is 11.9 Å². The summed E-state index contributed by atoms with van der Waals surface area (Å²) >= 11 is 5.47. The molecule has 50 valence electrons. The predicted octanol–water partition coefficient (Wildman–Crippen LogP) is 2.28. The molecule has 9 heavy (non-hydrogen) atoms. The highest BCUT2D eigenvalue weighted by molar-refractivity contribution is 6.28. The molecule has 0 aromatic carbocycles. The lowest BCUT2D eigenvalue weighted by molar-refractivity contribution is 0.493. The lowest BCUT2D eigenvalue weighted by atomic mass is 10.3. The van der Waals surface area contributed by atoms with Gasteiger partial charge < -0.3 is 4.42 Å². The number of halogens is 1. The molecule has 0 aliphatic rings. The number of rotatable bonds is 2. The smallest absolute Gasteiger partial charge is 0.213 e. The highest BCUT2D eigenvalue weighted by Gasteiger charge is 1.97. The molecule has 2 nitrogen and oxygen atoms in total. The van der Waals surface area contributed by atoms with Crippen molar-refractivity contribution in [2.75, 3.05) is 0 Å². The standard InChI is InChI=1S/C6H8ClNO/c1-2-3-6-8-4-5(7)9-6/h4H,2-3H2,1H3. The van der Waals surface area contributed by atoms with Crippen LogP contribution in [0, 0.1) is 0 Å². The van der Waals surface area contributed by atoms with Crippen molar-refractivity contribution in [2.45, 2.75) is 19.8 Å². The van der Waals surface area contributed by atoms with E-state index in [9.17, 15) is 0 Å². The second-order valence-corrected chi connectivity index (χ2v) is 2.18. The Labute approximate surface area is 58.8 Å². The summed E-state index contributed by atoms with van der Waals surface area (Å²) in [6.45, 7) is 2.07. The van der Waals surface area contributed by atoms with Gasteiger partial charge in [0, 0.05) is 6.42 Å². The van der Waals surface area contributed by atoms with Crippen LogP contribution in [0.3, 0.4) is 0 Å². The van der Waals surface area contributed by atoms with Crippen LogP contribution < -0.4 is 0 Å². The topological polar surface area (TPSA) is 26.0 Å². The Bertz CT molecular complexity index is 185. The average molecular weight is 146 g/mol. The summed E-state index contributed by atoms with van der Waals surface area (Å²) < 4.78 is 4.98. The molecule has 1 heterocycles. The lowest BCUT2D eigenvalue weighted by Gasteiger charge is -1.84. The van der Waals surface area contributed by atoms with Crippen molar-refractivity contribution >= 4 is 11.6 Å².